The maximum absolute atomic E-state index is 9.56. The maximum Gasteiger partial charge on any atom is 0.234 e. The number of rotatable bonds is 5. The van der Waals surface area contributed by atoms with Gasteiger partial charge in [-0.3, -0.25) is 0 Å². The lowest BCUT2D eigenvalue weighted by atomic mass is 10.3. The summed E-state index contributed by atoms with van der Waals surface area (Å²) < 4.78 is 4.77. The number of hydrogen-bond donors (Lipinski definition) is 1. The normalized spacial score (nSPS) is 12.2. The van der Waals surface area contributed by atoms with Gasteiger partial charge in [-0.1, -0.05) is 0 Å². The second-order valence-electron chi connectivity index (χ2n) is 1.89. The molecule has 1 atom stereocenters. The molecule has 0 aromatic carbocycles. The fourth-order valence-corrected chi connectivity index (χ4v) is 0.535. The van der Waals surface area contributed by atoms with Gasteiger partial charge in [0.15, 0.2) is 0 Å². The van der Waals surface area contributed by atoms with E-state index < -0.39 is 0 Å². The molecular formula is C6H12N2O2. The smallest absolute Gasteiger partial charge is 0.234 e. The fraction of sp³-hybridized carbons (Fsp3) is 0.833. The Hall–Kier alpha value is -0.700. The van der Waals surface area contributed by atoms with Crippen molar-refractivity contribution in [2.24, 2.45) is 10.7 Å². The Morgan fingerprint density at radius 3 is 3.00 bits per heavy atom. The van der Waals surface area contributed by atoms with Crippen molar-refractivity contribution in [2.75, 3.05) is 13.7 Å². The summed E-state index contributed by atoms with van der Waals surface area (Å²) in [6.07, 6.45) is 2.71. The standard InChI is InChI=1S/C6H12N2O2/c1-10-6(7)3-2-4-8-5-9/h6H,2-4,7H2,1H3. The predicted molar refractivity (Wildman–Crippen MR) is 37.2 cm³/mol. The predicted octanol–water partition coefficient (Wildman–Crippen LogP) is 0.0336. The molecule has 0 fully saturated rings. The van der Waals surface area contributed by atoms with Crippen molar-refractivity contribution in [3.8, 4) is 0 Å². The van der Waals surface area contributed by atoms with Crippen LogP contribution in [0.2, 0.25) is 0 Å². The van der Waals surface area contributed by atoms with Crippen LogP contribution < -0.4 is 5.73 Å². The third-order valence-electron chi connectivity index (χ3n) is 1.13. The van der Waals surface area contributed by atoms with Crippen LogP contribution in [0.4, 0.5) is 0 Å². The van der Waals surface area contributed by atoms with E-state index in [4.69, 9.17) is 10.5 Å². The van der Waals surface area contributed by atoms with E-state index in [1.54, 1.807) is 7.11 Å². The van der Waals surface area contributed by atoms with Crippen LogP contribution in [-0.4, -0.2) is 26.0 Å². The number of carbonyl (C=O) groups excluding carboxylic acids is 1. The molecule has 0 saturated heterocycles. The third kappa shape index (κ3) is 5.44. The van der Waals surface area contributed by atoms with Crippen LogP contribution in [-0.2, 0) is 9.53 Å². The van der Waals surface area contributed by atoms with E-state index in [1.165, 1.54) is 6.08 Å². The molecule has 4 heteroatoms. The van der Waals surface area contributed by atoms with Crippen LogP contribution in [0, 0.1) is 0 Å². The van der Waals surface area contributed by atoms with Crippen LogP contribution in [0.15, 0.2) is 4.99 Å². The van der Waals surface area contributed by atoms with E-state index in [0.717, 1.165) is 12.8 Å². The van der Waals surface area contributed by atoms with Crippen molar-refractivity contribution in [3.63, 3.8) is 0 Å². The first-order chi connectivity index (χ1) is 4.81. The van der Waals surface area contributed by atoms with Gasteiger partial charge < -0.3 is 10.5 Å². The van der Waals surface area contributed by atoms with Gasteiger partial charge in [-0.2, -0.15) is 0 Å². The number of ether oxygens (including phenoxy) is 1. The van der Waals surface area contributed by atoms with Gasteiger partial charge in [0, 0.05) is 7.11 Å². The third-order valence-corrected chi connectivity index (χ3v) is 1.13. The molecule has 10 heavy (non-hydrogen) atoms. The largest absolute Gasteiger partial charge is 0.367 e. The Morgan fingerprint density at radius 2 is 2.50 bits per heavy atom. The molecular weight excluding hydrogens is 132 g/mol. The lowest BCUT2D eigenvalue weighted by Gasteiger charge is -2.06. The van der Waals surface area contributed by atoms with E-state index in [9.17, 15) is 4.79 Å². The highest BCUT2D eigenvalue weighted by molar-refractivity contribution is 5.32. The van der Waals surface area contributed by atoms with Gasteiger partial charge in [-0.25, -0.2) is 9.79 Å². The van der Waals surface area contributed by atoms with Gasteiger partial charge in [0.2, 0.25) is 6.08 Å². The molecule has 1 unspecified atom stereocenters. The van der Waals surface area contributed by atoms with Crippen LogP contribution in [0.3, 0.4) is 0 Å². The minimum atomic E-state index is -0.234. The summed E-state index contributed by atoms with van der Waals surface area (Å²) in [5, 5.41) is 0. The number of nitrogens with zero attached hydrogens (tertiary/aromatic N) is 1. The first kappa shape index (κ1) is 9.30. The maximum atomic E-state index is 9.56. The van der Waals surface area contributed by atoms with E-state index in [0.29, 0.717) is 6.54 Å². The molecule has 0 amide bonds. The van der Waals surface area contributed by atoms with Crippen LogP contribution in [0.25, 0.3) is 0 Å². The lowest BCUT2D eigenvalue weighted by Crippen LogP contribution is -2.21. The van der Waals surface area contributed by atoms with Crippen molar-refractivity contribution < 1.29 is 9.53 Å². The van der Waals surface area contributed by atoms with E-state index in [-0.39, 0.29) is 6.23 Å². The Balaban J connectivity index is 3.10. The Morgan fingerprint density at radius 1 is 1.80 bits per heavy atom. The summed E-state index contributed by atoms with van der Waals surface area (Å²) in [5.41, 5.74) is 5.39. The molecule has 2 N–H and O–H groups in total. The average Bonchev–Trinajstić information content (AvgIpc) is 1.98. The molecule has 0 radical (unpaired) electrons. The van der Waals surface area contributed by atoms with E-state index in [2.05, 4.69) is 4.99 Å². The van der Waals surface area contributed by atoms with Gasteiger partial charge in [-0.05, 0) is 12.8 Å². The minimum Gasteiger partial charge on any atom is -0.367 e. The molecule has 0 aromatic rings. The summed E-state index contributed by atoms with van der Waals surface area (Å²) in [4.78, 5) is 12.9. The molecule has 0 aliphatic heterocycles. The van der Waals surface area contributed by atoms with E-state index in [1.807, 2.05) is 0 Å². The molecule has 0 rings (SSSR count). The summed E-state index contributed by atoms with van der Waals surface area (Å²) in [6.45, 7) is 0.487. The monoisotopic (exact) mass is 144 g/mol. The zero-order chi connectivity index (χ0) is 7.82. The number of methoxy groups -OCH3 is 1. The molecule has 0 heterocycles. The summed E-state index contributed by atoms with van der Waals surface area (Å²) >= 11 is 0. The first-order valence-corrected chi connectivity index (χ1v) is 3.13. The first-order valence-electron chi connectivity index (χ1n) is 3.13. The zero-order valence-electron chi connectivity index (χ0n) is 6.04. The highest BCUT2D eigenvalue weighted by atomic mass is 16.5. The molecule has 4 nitrogen and oxygen atoms in total. The minimum absolute atomic E-state index is 0.234. The number of aliphatic imine (C=N–C) groups is 1. The van der Waals surface area contributed by atoms with Crippen molar-refractivity contribution in [3.05, 3.63) is 0 Å². The van der Waals surface area contributed by atoms with Crippen LogP contribution in [0.1, 0.15) is 12.8 Å². The molecule has 0 aliphatic carbocycles. The Labute approximate surface area is 60.1 Å². The molecule has 0 bridgehead atoms. The Kier molecular flexibility index (Phi) is 5.97. The van der Waals surface area contributed by atoms with Crippen molar-refractivity contribution >= 4 is 6.08 Å². The SMILES string of the molecule is COC(N)CCCN=C=O. The van der Waals surface area contributed by atoms with Crippen LogP contribution >= 0.6 is 0 Å². The molecule has 0 aliphatic rings. The number of hydrogen-bond acceptors (Lipinski definition) is 4. The van der Waals surface area contributed by atoms with Gasteiger partial charge in [0.05, 0.1) is 6.54 Å². The second-order valence-corrected chi connectivity index (χ2v) is 1.89. The van der Waals surface area contributed by atoms with Gasteiger partial charge >= 0.3 is 0 Å². The van der Waals surface area contributed by atoms with Crippen molar-refractivity contribution in [1.29, 1.82) is 0 Å². The van der Waals surface area contributed by atoms with Gasteiger partial charge in [-0.15, -0.1) is 0 Å². The zero-order valence-corrected chi connectivity index (χ0v) is 6.04. The van der Waals surface area contributed by atoms with Crippen molar-refractivity contribution in [2.45, 2.75) is 19.1 Å². The molecule has 0 aromatic heterocycles. The van der Waals surface area contributed by atoms with Crippen molar-refractivity contribution in [1.82, 2.24) is 0 Å². The summed E-state index contributed by atoms with van der Waals surface area (Å²) in [6, 6.07) is 0. The van der Waals surface area contributed by atoms with Gasteiger partial charge in [0.25, 0.3) is 0 Å². The molecule has 58 valence electrons. The fourth-order valence-electron chi connectivity index (χ4n) is 0.535. The van der Waals surface area contributed by atoms with Gasteiger partial charge in [0.1, 0.15) is 6.23 Å². The topological polar surface area (TPSA) is 64.7 Å². The number of isocyanates is 1. The summed E-state index contributed by atoms with van der Waals surface area (Å²) in [5.74, 6) is 0. The second kappa shape index (κ2) is 6.42. The average molecular weight is 144 g/mol. The Bertz CT molecular complexity index is 121. The van der Waals surface area contributed by atoms with Crippen LogP contribution in [0.5, 0.6) is 0 Å². The molecule has 0 saturated carbocycles. The number of nitrogens with two attached hydrogens (primary N) is 1. The summed E-state index contributed by atoms with van der Waals surface area (Å²) in [7, 11) is 1.55. The molecule has 0 spiro atoms. The quantitative estimate of drug-likeness (QED) is 0.256. The highest BCUT2D eigenvalue weighted by Crippen LogP contribution is 1.93. The lowest BCUT2D eigenvalue weighted by molar-refractivity contribution is 0.0997. The highest BCUT2D eigenvalue weighted by Gasteiger charge is 1.96. The van der Waals surface area contributed by atoms with E-state index >= 15 is 0 Å².